The first-order valence-corrected chi connectivity index (χ1v) is 9.49. The highest BCUT2D eigenvalue weighted by molar-refractivity contribution is 6.01. The van der Waals surface area contributed by atoms with E-state index in [-0.39, 0.29) is 43.6 Å². The van der Waals surface area contributed by atoms with Crippen molar-refractivity contribution in [2.24, 2.45) is 5.73 Å². The molecule has 2 rings (SSSR count). The van der Waals surface area contributed by atoms with Crippen LogP contribution in [0.1, 0.15) is 36.7 Å². The predicted molar refractivity (Wildman–Crippen MR) is 111 cm³/mol. The zero-order chi connectivity index (χ0) is 22.6. The Labute approximate surface area is 172 Å². The fourth-order valence-electron chi connectivity index (χ4n) is 3.07. The molecular formula is C20H26FN5O4. The lowest BCUT2D eigenvalue weighted by Gasteiger charge is -2.24. The molecule has 1 aromatic heterocycles. The summed E-state index contributed by atoms with van der Waals surface area (Å²) in [6.45, 7) is 4.72. The van der Waals surface area contributed by atoms with Gasteiger partial charge in [-0.25, -0.2) is 9.18 Å². The van der Waals surface area contributed by atoms with Gasteiger partial charge in [-0.1, -0.05) is 12.1 Å². The van der Waals surface area contributed by atoms with Gasteiger partial charge >= 0.3 is 5.69 Å². The molecule has 2 aromatic rings. The van der Waals surface area contributed by atoms with Crippen LogP contribution in [0.2, 0.25) is 0 Å². The number of hydrogen-bond acceptors (Lipinski definition) is 6. The van der Waals surface area contributed by atoms with Crippen molar-refractivity contribution >= 4 is 17.5 Å². The molecule has 0 radical (unpaired) electrons. The lowest BCUT2D eigenvalue weighted by Crippen LogP contribution is -2.47. The number of benzene rings is 1. The standard InChI is InChI=1S/C20H26FN5O4/c1-4-25-19(29)17(15(27)10-24(12(2)3)11-16(22)28)18(23)26(20(25)30)9-13-5-7-14(21)8-6-13/h5-8,12H,4,9-11,23H2,1-3H3,(H2,22,28). The number of rotatable bonds is 9. The fraction of sp³-hybridized carbons (Fsp3) is 0.400. The maximum Gasteiger partial charge on any atom is 0.332 e. The molecule has 0 atom stereocenters. The first-order chi connectivity index (χ1) is 14.1. The Morgan fingerprint density at radius 1 is 1.10 bits per heavy atom. The van der Waals surface area contributed by atoms with Gasteiger partial charge in [-0.05, 0) is 38.5 Å². The smallest absolute Gasteiger partial charge is 0.332 e. The van der Waals surface area contributed by atoms with Crippen LogP contribution in [0.25, 0.3) is 0 Å². The van der Waals surface area contributed by atoms with E-state index in [9.17, 15) is 23.6 Å². The van der Waals surface area contributed by atoms with E-state index in [0.717, 1.165) is 9.13 Å². The first-order valence-electron chi connectivity index (χ1n) is 9.49. The predicted octanol–water partition coefficient (Wildman–Crippen LogP) is 0.178. The SMILES string of the molecule is CCn1c(=O)c(C(=O)CN(CC(N)=O)C(C)C)c(N)n(Cc2ccc(F)cc2)c1=O. The van der Waals surface area contributed by atoms with E-state index in [2.05, 4.69) is 0 Å². The van der Waals surface area contributed by atoms with E-state index in [1.807, 2.05) is 0 Å². The minimum atomic E-state index is -0.789. The molecule has 0 fully saturated rings. The molecular weight excluding hydrogens is 393 g/mol. The molecule has 162 valence electrons. The summed E-state index contributed by atoms with van der Waals surface area (Å²) in [6, 6.07) is 5.25. The van der Waals surface area contributed by atoms with Crippen LogP contribution in [0, 0.1) is 5.82 Å². The zero-order valence-corrected chi connectivity index (χ0v) is 17.2. The third-order valence-electron chi connectivity index (χ3n) is 4.75. The second kappa shape index (κ2) is 9.49. The Morgan fingerprint density at radius 2 is 1.70 bits per heavy atom. The summed E-state index contributed by atoms with van der Waals surface area (Å²) in [7, 11) is 0. The molecule has 1 heterocycles. The number of anilines is 1. The average Bonchev–Trinajstić information content (AvgIpc) is 2.66. The second-order valence-electron chi connectivity index (χ2n) is 7.19. The molecule has 30 heavy (non-hydrogen) atoms. The molecule has 1 aromatic carbocycles. The van der Waals surface area contributed by atoms with Gasteiger partial charge in [0, 0.05) is 12.6 Å². The third-order valence-corrected chi connectivity index (χ3v) is 4.75. The van der Waals surface area contributed by atoms with Gasteiger partial charge in [0.05, 0.1) is 19.6 Å². The van der Waals surface area contributed by atoms with Gasteiger partial charge in [-0.3, -0.25) is 28.4 Å². The maximum atomic E-state index is 13.2. The summed E-state index contributed by atoms with van der Waals surface area (Å²) < 4.78 is 15.2. The highest BCUT2D eigenvalue weighted by Crippen LogP contribution is 2.12. The molecule has 0 aliphatic heterocycles. The van der Waals surface area contributed by atoms with Crippen LogP contribution in [0.15, 0.2) is 33.9 Å². The van der Waals surface area contributed by atoms with Crippen LogP contribution in [0.5, 0.6) is 0 Å². The van der Waals surface area contributed by atoms with Crippen LogP contribution in [0.4, 0.5) is 10.2 Å². The van der Waals surface area contributed by atoms with Crippen molar-refractivity contribution in [1.29, 1.82) is 0 Å². The lowest BCUT2D eigenvalue weighted by molar-refractivity contribution is -0.119. The number of hydrogen-bond donors (Lipinski definition) is 2. The van der Waals surface area contributed by atoms with Crippen molar-refractivity contribution in [3.05, 3.63) is 62.0 Å². The van der Waals surface area contributed by atoms with Gasteiger partial charge in [-0.15, -0.1) is 0 Å². The molecule has 0 bridgehead atoms. The van der Waals surface area contributed by atoms with Crippen LogP contribution >= 0.6 is 0 Å². The topological polar surface area (TPSA) is 133 Å². The van der Waals surface area contributed by atoms with Crippen molar-refractivity contribution < 1.29 is 14.0 Å². The molecule has 0 saturated heterocycles. The maximum absolute atomic E-state index is 13.2. The molecule has 1 amide bonds. The van der Waals surface area contributed by atoms with Gasteiger partial charge in [0.2, 0.25) is 5.91 Å². The minimum Gasteiger partial charge on any atom is -0.384 e. The highest BCUT2D eigenvalue weighted by Gasteiger charge is 2.25. The summed E-state index contributed by atoms with van der Waals surface area (Å²) in [5.41, 5.74) is 10.1. The third kappa shape index (κ3) is 5.01. The molecule has 10 heteroatoms. The molecule has 0 aliphatic carbocycles. The summed E-state index contributed by atoms with van der Waals surface area (Å²) in [5.74, 6) is -1.94. The largest absolute Gasteiger partial charge is 0.384 e. The van der Waals surface area contributed by atoms with E-state index in [0.29, 0.717) is 5.56 Å². The Kier molecular flexibility index (Phi) is 7.28. The Bertz CT molecular complexity index is 1060. The number of primary amides is 1. The molecule has 0 saturated carbocycles. The zero-order valence-electron chi connectivity index (χ0n) is 17.2. The van der Waals surface area contributed by atoms with Crippen molar-refractivity contribution in [2.75, 3.05) is 18.8 Å². The van der Waals surface area contributed by atoms with Crippen LogP contribution < -0.4 is 22.7 Å². The normalized spacial score (nSPS) is 11.3. The van der Waals surface area contributed by atoms with Crippen LogP contribution in [-0.4, -0.2) is 44.9 Å². The number of Topliss-reactive ketones (excluding diaryl/α,β-unsaturated/α-hetero) is 1. The van der Waals surface area contributed by atoms with Crippen LogP contribution in [-0.2, 0) is 17.9 Å². The summed E-state index contributed by atoms with van der Waals surface area (Å²) in [5, 5.41) is 0. The molecule has 4 N–H and O–H groups in total. The van der Waals surface area contributed by atoms with E-state index in [1.165, 1.54) is 29.2 Å². The quantitative estimate of drug-likeness (QED) is 0.557. The Hall–Kier alpha value is -3.27. The van der Waals surface area contributed by atoms with Crippen molar-refractivity contribution in [2.45, 2.75) is 39.9 Å². The number of carbonyl (C=O) groups is 2. The molecule has 0 spiro atoms. The highest BCUT2D eigenvalue weighted by atomic mass is 19.1. The summed E-state index contributed by atoms with van der Waals surface area (Å²) >= 11 is 0. The van der Waals surface area contributed by atoms with Gasteiger partial charge < -0.3 is 11.5 Å². The van der Waals surface area contributed by atoms with Crippen molar-refractivity contribution in [1.82, 2.24) is 14.0 Å². The Morgan fingerprint density at radius 3 is 2.20 bits per heavy atom. The van der Waals surface area contributed by atoms with E-state index in [4.69, 9.17) is 11.5 Å². The fourth-order valence-corrected chi connectivity index (χ4v) is 3.07. The monoisotopic (exact) mass is 419 g/mol. The average molecular weight is 419 g/mol. The molecule has 0 unspecified atom stereocenters. The lowest BCUT2D eigenvalue weighted by atomic mass is 10.1. The van der Waals surface area contributed by atoms with Crippen LogP contribution in [0.3, 0.4) is 0 Å². The summed E-state index contributed by atoms with van der Waals surface area (Å²) in [4.78, 5) is 51.3. The van der Waals surface area contributed by atoms with Gasteiger partial charge in [0.15, 0.2) is 5.78 Å². The number of amides is 1. The first kappa shape index (κ1) is 23.0. The number of nitrogens with zero attached hydrogens (tertiary/aromatic N) is 3. The molecule has 9 nitrogen and oxygen atoms in total. The van der Waals surface area contributed by atoms with Crippen molar-refractivity contribution in [3.8, 4) is 0 Å². The number of aromatic nitrogens is 2. The van der Waals surface area contributed by atoms with E-state index >= 15 is 0 Å². The van der Waals surface area contributed by atoms with Gasteiger partial charge in [-0.2, -0.15) is 0 Å². The number of halogens is 1. The van der Waals surface area contributed by atoms with E-state index in [1.54, 1.807) is 20.8 Å². The Balaban J connectivity index is 2.54. The van der Waals surface area contributed by atoms with Crippen molar-refractivity contribution in [3.63, 3.8) is 0 Å². The second-order valence-corrected chi connectivity index (χ2v) is 7.19. The number of nitrogen functional groups attached to an aromatic ring is 1. The van der Waals surface area contributed by atoms with Gasteiger partial charge in [0.25, 0.3) is 5.56 Å². The minimum absolute atomic E-state index is 0.0385. The number of carbonyl (C=O) groups excluding carboxylic acids is 2. The van der Waals surface area contributed by atoms with E-state index < -0.39 is 28.8 Å². The van der Waals surface area contributed by atoms with Gasteiger partial charge in [0.1, 0.15) is 17.2 Å². The molecule has 0 aliphatic rings. The number of nitrogens with two attached hydrogens (primary N) is 2. The number of ketones is 1. The summed E-state index contributed by atoms with van der Waals surface area (Å²) in [6.07, 6.45) is 0.